The number of nitrogens with zero attached hydrogens (tertiary/aromatic N) is 1. The first-order valence-electron chi connectivity index (χ1n) is 6.42. The Hall–Kier alpha value is -1.65. The van der Waals surface area contributed by atoms with Crippen LogP contribution in [-0.2, 0) is 11.2 Å². The number of ketones is 1. The molecule has 0 unspecified atom stereocenters. The first-order chi connectivity index (χ1) is 10.0. The highest BCUT2D eigenvalue weighted by Gasteiger charge is 2.29. The third-order valence-corrected chi connectivity index (χ3v) is 4.19. The fraction of sp³-hybridized carbons (Fsp3) is 0.125. The van der Waals surface area contributed by atoms with Crippen LogP contribution in [0.4, 0.5) is 5.69 Å². The number of Topliss-reactive ketones (excluding diaryl/α,β-unsaturated/α-hetero) is 1. The van der Waals surface area contributed by atoms with Crippen molar-refractivity contribution in [2.24, 2.45) is 0 Å². The van der Waals surface area contributed by atoms with Gasteiger partial charge in [-0.25, -0.2) is 0 Å². The highest BCUT2D eigenvalue weighted by atomic mass is 79.9. The van der Waals surface area contributed by atoms with Crippen LogP contribution in [0.2, 0.25) is 5.02 Å². The molecule has 1 aliphatic rings. The summed E-state index contributed by atoms with van der Waals surface area (Å²) in [6.45, 7) is 0.0507. The van der Waals surface area contributed by atoms with Crippen molar-refractivity contribution in [2.45, 2.75) is 6.42 Å². The first-order valence-corrected chi connectivity index (χ1v) is 7.59. The third kappa shape index (κ3) is 2.87. The van der Waals surface area contributed by atoms with Gasteiger partial charge in [0.05, 0.1) is 13.0 Å². The molecular weight excluding hydrogens is 354 g/mol. The van der Waals surface area contributed by atoms with Crippen LogP contribution in [0.5, 0.6) is 0 Å². The summed E-state index contributed by atoms with van der Waals surface area (Å²) in [5, 5.41) is 0.582. The monoisotopic (exact) mass is 363 g/mol. The number of fused-ring (bicyclic) bond motifs is 1. The van der Waals surface area contributed by atoms with Gasteiger partial charge in [0.2, 0.25) is 5.91 Å². The van der Waals surface area contributed by atoms with Gasteiger partial charge in [0.1, 0.15) is 0 Å². The summed E-state index contributed by atoms with van der Waals surface area (Å²) < 4.78 is 0.930. The van der Waals surface area contributed by atoms with Crippen molar-refractivity contribution in [2.75, 3.05) is 11.4 Å². The number of hydrogen-bond acceptors (Lipinski definition) is 2. The van der Waals surface area contributed by atoms with Crippen molar-refractivity contribution in [1.29, 1.82) is 0 Å². The Morgan fingerprint density at radius 1 is 1.19 bits per heavy atom. The van der Waals surface area contributed by atoms with Gasteiger partial charge in [-0.2, -0.15) is 0 Å². The topological polar surface area (TPSA) is 37.4 Å². The van der Waals surface area contributed by atoms with Crippen LogP contribution in [0.15, 0.2) is 46.9 Å². The Kier molecular flexibility index (Phi) is 3.83. The first kappa shape index (κ1) is 14.3. The molecule has 0 aliphatic carbocycles. The Labute approximate surface area is 135 Å². The lowest BCUT2D eigenvalue weighted by atomic mass is 10.1. The molecule has 1 aliphatic heterocycles. The predicted octanol–water partition coefficient (Wildman–Crippen LogP) is 3.87. The van der Waals surface area contributed by atoms with Gasteiger partial charge in [0.25, 0.3) is 0 Å². The van der Waals surface area contributed by atoms with E-state index < -0.39 is 0 Å². The summed E-state index contributed by atoms with van der Waals surface area (Å²) in [7, 11) is 0. The standard InChI is InChI=1S/C16H11BrClNO2/c17-12-3-6-14-11(7-12)8-16(21)19(14)9-15(20)10-1-4-13(18)5-2-10/h1-7H,8-9H2. The maximum absolute atomic E-state index is 12.3. The van der Waals surface area contributed by atoms with Crippen molar-refractivity contribution in [3.8, 4) is 0 Å². The Morgan fingerprint density at radius 3 is 2.62 bits per heavy atom. The van der Waals surface area contributed by atoms with Crippen molar-refractivity contribution >= 4 is 44.9 Å². The molecule has 0 atom stereocenters. The smallest absolute Gasteiger partial charge is 0.231 e. The minimum Gasteiger partial charge on any atom is -0.304 e. The molecule has 1 heterocycles. The molecule has 21 heavy (non-hydrogen) atoms. The second-order valence-electron chi connectivity index (χ2n) is 4.86. The van der Waals surface area contributed by atoms with Crippen LogP contribution in [0.3, 0.4) is 0 Å². The minimum absolute atomic E-state index is 0.0505. The molecule has 3 nitrogen and oxygen atoms in total. The lowest BCUT2D eigenvalue weighted by molar-refractivity contribution is -0.117. The summed E-state index contributed by atoms with van der Waals surface area (Å²) in [6, 6.07) is 12.3. The molecule has 5 heteroatoms. The maximum Gasteiger partial charge on any atom is 0.231 e. The second-order valence-corrected chi connectivity index (χ2v) is 6.21. The maximum atomic E-state index is 12.3. The Morgan fingerprint density at radius 2 is 1.90 bits per heavy atom. The third-order valence-electron chi connectivity index (χ3n) is 3.44. The van der Waals surface area contributed by atoms with Gasteiger partial charge >= 0.3 is 0 Å². The molecule has 0 N–H and O–H groups in total. The molecule has 0 saturated heterocycles. The fourth-order valence-corrected chi connectivity index (χ4v) is 2.93. The molecule has 3 rings (SSSR count). The van der Waals surface area contributed by atoms with E-state index in [0.717, 1.165) is 15.7 Å². The average molecular weight is 365 g/mol. The minimum atomic E-state index is -0.101. The van der Waals surface area contributed by atoms with Crippen LogP contribution in [0, 0.1) is 0 Å². The molecule has 0 aromatic heterocycles. The highest BCUT2D eigenvalue weighted by Crippen LogP contribution is 2.31. The SMILES string of the molecule is O=C(CN1C(=O)Cc2cc(Br)ccc21)c1ccc(Cl)cc1. The van der Waals surface area contributed by atoms with E-state index in [-0.39, 0.29) is 18.2 Å². The zero-order valence-electron chi connectivity index (χ0n) is 11.0. The zero-order valence-corrected chi connectivity index (χ0v) is 13.3. The van der Waals surface area contributed by atoms with Crippen molar-refractivity contribution in [3.05, 3.63) is 63.1 Å². The average Bonchev–Trinajstić information content (AvgIpc) is 2.75. The van der Waals surface area contributed by atoms with Gasteiger partial charge in [0.15, 0.2) is 5.78 Å². The van der Waals surface area contributed by atoms with E-state index in [4.69, 9.17) is 11.6 Å². The molecule has 0 spiro atoms. The van der Waals surface area contributed by atoms with Crippen LogP contribution in [0.25, 0.3) is 0 Å². The van der Waals surface area contributed by atoms with E-state index >= 15 is 0 Å². The second kappa shape index (κ2) is 5.62. The van der Waals surface area contributed by atoms with Gasteiger partial charge in [-0.05, 0) is 48.0 Å². The molecule has 0 saturated carbocycles. The molecule has 0 bridgehead atoms. The molecule has 1 amide bonds. The van der Waals surface area contributed by atoms with E-state index in [1.165, 1.54) is 0 Å². The fourth-order valence-electron chi connectivity index (χ4n) is 2.40. The van der Waals surface area contributed by atoms with E-state index in [1.807, 2.05) is 18.2 Å². The molecule has 106 valence electrons. The van der Waals surface area contributed by atoms with Gasteiger partial charge in [0, 0.05) is 20.7 Å². The Bertz CT molecular complexity index is 728. The predicted molar refractivity (Wildman–Crippen MR) is 86.0 cm³/mol. The number of rotatable bonds is 3. The molecule has 0 radical (unpaired) electrons. The van der Waals surface area contributed by atoms with Crippen molar-refractivity contribution in [3.63, 3.8) is 0 Å². The number of amides is 1. The van der Waals surface area contributed by atoms with Crippen LogP contribution in [0.1, 0.15) is 15.9 Å². The van der Waals surface area contributed by atoms with Crippen LogP contribution in [-0.4, -0.2) is 18.2 Å². The van der Waals surface area contributed by atoms with E-state index in [1.54, 1.807) is 29.2 Å². The molecule has 0 fully saturated rings. The summed E-state index contributed by atoms with van der Waals surface area (Å²) in [5.74, 6) is -0.152. The zero-order chi connectivity index (χ0) is 15.0. The summed E-state index contributed by atoms with van der Waals surface area (Å²) in [6.07, 6.45) is 0.336. The van der Waals surface area contributed by atoms with E-state index in [2.05, 4.69) is 15.9 Å². The number of carbonyl (C=O) groups excluding carboxylic acids is 2. The van der Waals surface area contributed by atoms with E-state index in [0.29, 0.717) is 17.0 Å². The summed E-state index contributed by atoms with van der Waals surface area (Å²) >= 11 is 9.20. The van der Waals surface area contributed by atoms with E-state index in [9.17, 15) is 9.59 Å². The number of benzene rings is 2. The highest BCUT2D eigenvalue weighted by molar-refractivity contribution is 9.10. The molecule has 2 aromatic rings. The van der Waals surface area contributed by atoms with Gasteiger partial charge < -0.3 is 4.90 Å². The van der Waals surface area contributed by atoms with Gasteiger partial charge in [-0.3, -0.25) is 9.59 Å². The quantitative estimate of drug-likeness (QED) is 0.775. The summed E-state index contributed by atoms with van der Waals surface area (Å²) in [5.41, 5.74) is 2.31. The number of hydrogen-bond donors (Lipinski definition) is 0. The largest absolute Gasteiger partial charge is 0.304 e. The number of halogens is 2. The normalized spacial score (nSPS) is 13.4. The summed E-state index contributed by atoms with van der Waals surface area (Å²) in [4.78, 5) is 25.9. The van der Waals surface area contributed by atoms with Gasteiger partial charge in [-0.15, -0.1) is 0 Å². The van der Waals surface area contributed by atoms with Gasteiger partial charge in [-0.1, -0.05) is 27.5 Å². The van der Waals surface area contributed by atoms with Crippen molar-refractivity contribution < 1.29 is 9.59 Å². The van der Waals surface area contributed by atoms with Crippen LogP contribution >= 0.6 is 27.5 Å². The molecular formula is C16H11BrClNO2. The number of anilines is 1. The lowest BCUT2D eigenvalue weighted by Crippen LogP contribution is -2.32. The Balaban J connectivity index is 1.84. The van der Waals surface area contributed by atoms with Crippen LogP contribution < -0.4 is 4.90 Å². The van der Waals surface area contributed by atoms with Crippen molar-refractivity contribution in [1.82, 2.24) is 0 Å². The number of carbonyl (C=O) groups is 2. The molecule has 2 aromatic carbocycles. The lowest BCUT2D eigenvalue weighted by Gasteiger charge is -2.16.